The first kappa shape index (κ1) is 21.0. The molecule has 144 valence electrons. The third kappa shape index (κ3) is 5.59. The van der Waals surface area contributed by atoms with Crippen LogP contribution in [-0.2, 0) is 16.0 Å². The second-order valence-electron chi connectivity index (χ2n) is 6.79. The Labute approximate surface area is 167 Å². The fourth-order valence-electron chi connectivity index (χ4n) is 3.04. The number of hydrogen-bond donors (Lipinski definition) is 0. The minimum Gasteiger partial charge on any atom is -0.486 e. The molecule has 0 N–H and O–H groups in total. The van der Waals surface area contributed by atoms with E-state index in [-0.39, 0.29) is 18.3 Å². The van der Waals surface area contributed by atoms with E-state index in [0.717, 1.165) is 24.1 Å². The number of rotatable bonds is 8. The van der Waals surface area contributed by atoms with Crippen molar-refractivity contribution in [3.8, 4) is 0 Å². The van der Waals surface area contributed by atoms with Crippen LogP contribution in [0, 0.1) is 0 Å². The van der Waals surface area contributed by atoms with Gasteiger partial charge in [-0.15, -0.1) is 12.4 Å². The number of carbonyl (C=O) groups excluding carboxylic acids is 1. The normalized spacial score (nSPS) is 13.9. The summed E-state index contributed by atoms with van der Waals surface area (Å²) in [5.74, 6) is 0.504. The second kappa shape index (κ2) is 10.1. The molecule has 0 bridgehead atoms. The molecular weight excluding hydrogens is 360 g/mol. The fraction of sp³-hybridized carbons (Fsp3) is 0.318. The Morgan fingerprint density at radius 1 is 1.00 bits per heavy atom. The zero-order valence-corrected chi connectivity index (χ0v) is 16.7. The number of hydrogen-bond acceptors (Lipinski definition) is 3. The second-order valence-corrected chi connectivity index (χ2v) is 6.79. The van der Waals surface area contributed by atoms with Crippen molar-refractivity contribution in [3.05, 3.63) is 77.5 Å². The molecule has 5 heteroatoms. The molecule has 3 rings (SSSR count). The Morgan fingerprint density at radius 3 is 2.26 bits per heavy atom. The van der Waals surface area contributed by atoms with E-state index >= 15 is 0 Å². The van der Waals surface area contributed by atoms with Gasteiger partial charge in [-0.05, 0) is 31.6 Å². The number of likely N-dealkylation sites (N-methyl/N-ethyl adjacent to an activating group) is 1. The number of benzene rings is 2. The Bertz CT molecular complexity index is 760. The summed E-state index contributed by atoms with van der Waals surface area (Å²) in [4.78, 5) is 16.9. The minimum absolute atomic E-state index is 0. The van der Waals surface area contributed by atoms with Crippen LogP contribution in [0.15, 0.2) is 66.4 Å². The van der Waals surface area contributed by atoms with Crippen LogP contribution in [0.5, 0.6) is 0 Å². The Morgan fingerprint density at radius 2 is 1.63 bits per heavy atom. The van der Waals surface area contributed by atoms with E-state index in [4.69, 9.17) is 4.74 Å². The topological polar surface area (TPSA) is 32.8 Å². The van der Waals surface area contributed by atoms with Gasteiger partial charge in [-0.25, -0.2) is 0 Å². The van der Waals surface area contributed by atoms with Crippen LogP contribution in [0.25, 0.3) is 5.57 Å². The van der Waals surface area contributed by atoms with Crippen LogP contribution in [0.4, 0.5) is 0 Å². The van der Waals surface area contributed by atoms with Gasteiger partial charge in [0.05, 0.1) is 6.54 Å². The van der Waals surface area contributed by atoms with E-state index in [1.165, 1.54) is 5.56 Å². The molecule has 1 aliphatic heterocycles. The predicted molar refractivity (Wildman–Crippen MR) is 112 cm³/mol. The molecular formula is C22H27ClN2O2. The molecule has 0 fully saturated rings. The molecule has 0 saturated heterocycles. The van der Waals surface area contributed by atoms with Gasteiger partial charge in [-0.3, -0.25) is 4.79 Å². The summed E-state index contributed by atoms with van der Waals surface area (Å²) < 4.78 is 5.92. The van der Waals surface area contributed by atoms with Crippen molar-refractivity contribution in [1.29, 1.82) is 0 Å². The maximum atomic E-state index is 12.9. The number of ether oxygens (including phenoxy) is 1. The van der Waals surface area contributed by atoms with Crippen LogP contribution in [0.3, 0.4) is 0 Å². The Kier molecular flexibility index (Phi) is 7.89. The van der Waals surface area contributed by atoms with E-state index in [1.807, 2.05) is 67.5 Å². The molecule has 0 unspecified atom stereocenters. The maximum Gasteiger partial charge on any atom is 0.289 e. The van der Waals surface area contributed by atoms with Crippen molar-refractivity contribution in [1.82, 2.24) is 9.80 Å². The van der Waals surface area contributed by atoms with Crippen LogP contribution in [-0.4, -0.2) is 56.0 Å². The van der Waals surface area contributed by atoms with E-state index in [0.29, 0.717) is 25.5 Å². The highest BCUT2D eigenvalue weighted by Gasteiger charge is 2.32. The van der Waals surface area contributed by atoms with Crippen molar-refractivity contribution < 1.29 is 9.53 Å². The predicted octanol–water partition coefficient (Wildman–Crippen LogP) is 3.48. The first-order chi connectivity index (χ1) is 12.6. The lowest BCUT2D eigenvalue weighted by Crippen LogP contribution is -2.30. The summed E-state index contributed by atoms with van der Waals surface area (Å²) in [7, 11) is 4.00. The largest absolute Gasteiger partial charge is 0.486 e. The monoisotopic (exact) mass is 386 g/mol. The summed E-state index contributed by atoms with van der Waals surface area (Å²) in [6.45, 7) is 2.59. The zero-order valence-electron chi connectivity index (χ0n) is 15.9. The fourth-order valence-corrected chi connectivity index (χ4v) is 3.04. The summed E-state index contributed by atoms with van der Waals surface area (Å²) in [5.41, 5.74) is 3.29. The summed E-state index contributed by atoms with van der Waals surface area (Å²) in [6, 6.07) is 20.3. The number of carbonyl (C=O) groups is 1. The van der Waals surface area contributed by atoms with Gasteiger partial charge >= 0.3 is 0 Å². The highest BCUT2D eigenvalue weighted by Crippen LogP contribution is 2.28. The highest BCUT2D eigenvalue weighted by atomic mass is 35.5. The lowest BCUT2D eigenvalue weighted by Gasteiger charge is -2.17. The average molecular weight is 387 g/mol. The molecule has 27 heavy (non-hydrogen) atoms. The van der Waals surface area contributed by atoms with Crippen LogP contribution < -0.4 is 0 Å². The molecule has 2 aromatic carbocycles. The van der Waals surface area contributed by atoms with Gasteiger partial charge in [0.25, 0.3) is 5.91 Å². The molecule has 0 atom stereocenters. The first-order valence-electron chi connectivity index (χ1n) is 9.04. The van der Waals surface area contributed by atoms with Gasteiger partial charge in [0.2, 0.25) is 0 Å². The number of halogens is 1. The first-order valence-corrected chi connectivity index (χ1v) is 9.04. The lowest BCUT2D eigenvalue weighted by atomic mass is 10.1. The molecule has 0 spiro atoms. The van der Waals surface area contributed by atoms with E-state index in [9.17, 15) is 4.79 Å². The summed E-state index contributed by atoms with van der Waals surface area (Å²) in [5, 5.41) is 0. The van der Waals surface area contributed by atoms with Crippen LogP contribution >= 0.6 is 12.4 Å². The summed E-state index contributed by atoms with van der Waals surface area (Å²) in [6.07, 6.45) is 0.847. The smallest absolute Gasteiger partial charge is 0.289 e. The SMILES string of the molecule is CN(C)CCOC1=C(c2ccccc2)CN(CCc2ccccc2)C1=O.Cl. The van der Waals surface area contributed by atoms with Gasteiger partial charge < -0.3 is 14.5 Å². The average Bonchev–Trinajstić information content (AvgIpc) is 2.97. The molecule has 2 aromatic rings. The molecule has 1 aliphatic rings. The van der Waals surface area contributed by atoms with Crippen LogP contribution in [0.2, 0.25) is 0 Å². The third-order valence-corrected chi connectivity index (χ3v) is 4.52. The molecule has 1 heterocycles. The van der Waals surface area contributed by atoms with Crippen molar-refractivity contribution in [2.45, 2.75) is 6.42 Å². The van der Waals surface area contributed by atoms with Gasteiger partial charge in [-0.2, -0.15) is 0 Å². The highest BCUT2D eigenvalue weighted by molar-refractivity contribution is 6.04. The molecule has 1 amide bonds. The van der Waals surface area contributed by atoms with E-state index in [1.54, 1.807) is 0 Å². The van der Waals surface area contributed by atoms with Crippen LogP contribution in [0.1, 0.15) is 11.1 Å². The van der Waals surface area contributed by atoms with E-state index < -0.39 is 0 Å². The number of amides is 1. The maximum absolute atomic E-state index is 12.9. The van der Waals surface area contributed by atoms with Gasteiger partial charge in [0, 0.05) is 18.7 Å². The molecule has 0 aromatic heterocycles. The molecule has 0 aliphatic carbocycles. The van der Waals surface area contributed by atoms with Gasteiger partial charge in [0.1, 0.15) is 6.61 Å². The standard InChI is InChI=1S/C22H26N2O2.ClH/c1-23(2)15-16-26-21-20(19-11-7-4-8-12-19)17-24(22(21)25)14-13-18-9-5-3-6-10-18;/h3-12H,13-17H2,1-2H3;1H. The zero-order chi connectivity index (χ0) is 18.4. The van der Waals surface area contributed by atoms with Gasteiger partial charge in [-0.1, -0.05) is 60.7 Å². The minimum atomic E-state index is -0.00135. The molecule has 4 nitrogen and oxygen atoms in total. The number of nitrogens with zero attached hydrogens (tertiary/aromatic N) is 2. The third-order valence-electron chi connectivity index (χ3n) is 4.52. The lowest BCUT2D eigenvalue weighted by molar-refractivity contribution is -0.128. The Balaban J connectivity index is 0.00000261. The van der Waals surface area contributed by atoms with E-state index in [2.05, 4.69) is 17.0 Å². The molecule has 0 saturated carbocycles. The Hall–Kier alpha value is -2.30. The summed E-state index contributed by atoms with van der Waals surface area (Å²) >= 11 is 0. The quantitative estimate of drug-likeness (QED) is 0.696. The van der Waals surface area contributed by atoms with Crippen molar-refractivity contribution in [2.24, 2.45) is 0 Å². The van der Waals surface area contributed by atoms with Crippen molar-refractivity contribution in [2.75, 3.05) is 40.3 Å². The molecule has 0 radical (unpaired) electrons. The van der Waals surface area contributed by atoms with Gasteiger partial charge in [0.15, 0.2) is 5.76 Å². The van der Waals surface area contributed by atoms with Crippen molar-refractivity contribution in [3.63, 3.8) is 0 Å². The van der Waals surface area contributed by atoms with Crippen molar-refractivity contribution >= 4 is 23.9 Å².